The van der Waals surface area contributed by atoms with Gasteiger partial charge in [0.2, 0.25) is 0 Å². The maximum atomic E-state index is 8.75. The van der Waals surface area contributed by atoms with Crippen LogP contribution in [0.5, 0.6) is 0 Å². The molecule has 0 fully saturated rings. The molecule has 0 radical (unpaired) electrons. The first kappa shape index (κ1) is 26.3. The fourth-order valence-corrected chi connectivity index (χ4v) is 7.76. The number of pyridine rings is 1. The van der Waals surface area contributed by atoms with Gasteiger partial charge in [-0.3, -0.25) is 4.98 Å². The highest BCUT2D eigenvalue weighted by molar-refractivity contribution is 7.23. The van der Waals surface area contributed by atoms with Gasteiger partial charge < -0.3 is 0 Å². The molecule has 3 aromatic carbocycles. The van der Waals surface area contributed by atoms with Crippen molar-refractivity contribution in [3.8, 4) is 21.7 Å². The lowest BCUT2D eigenvalue weighted by atomic mass is 9.82. The first-order chi connectivity index (χ1) is 18.6. The number of benzene rings is 3. The predicted octanol–water partition coefficient (Wildman–Crippen LogP) is 11.4. The van der Waals surface area contributed by atoms with Gasteiger partial charge in [-0.2, -0.15) is 0 Å². The van der Waals surface area contributed by atoms with Crippen molar-refractivity contribution in [2.24, 2.45) is 5.41 Å². The molecular weight excluding hydrogens is 490 g/mol. The van der Waals surface area contributed by atoms with Crippen molar-refractivity contribution in [2.75, 3.05) is 0 Å². The van der Waals surface area contributed by atoms with Crippen molar-refractivity contribution >= 4 is 32.2 Å². The van der Waals surface area contributed by atoms with E-state index in [0.29, 0.717) is 12.1 Å². The van der Waals surface area contributed by atoms with Gasteiger partial charge in [-0.1, -0.05) is 91.8 Å². The lowest BCUT2D eigenvalue weighted by Crippen LogP contribution is -2.12. The monoisotopic (exact) mass is 534 g/mol. The smallest absolute Gasteiger partial charge is 0.0880 e. The molecule has 39 heavy (non-hydrogen) atoms. The van der Waals surface area contributed by atoms with E-state index in [4.69, 9.17) is 6.35 Å². The summed E-state index contributed by atoms with van der Waals surface area (Å²) in [5.41, 5.74) is 10.3. The molecule has 1 nitrogen and oxygen atoms in total. The summed E-state index contributed by atoms with van der Waals surface area (Å²) >= 11 is 1.86. The normalized spacial score (nSPS) is 13.1. The van der Waals surface area contributed by atoms with Crippen molar-refractivity contribution in [1.29, 1.82) is 0 Å². The lowest BCUT2D eigenvalue weighted by Gasteiger charge is -2.22. The topological polar surface area (TPSA) is 12.9 Å². The SMILES string of the molecule is [2H]c1cc2c(C(C)C)c(-c3c(C)cc(CC(C)(C)C)cc3C)sc2c(-c2cc(C(C)(C)C)c3ccccc3c2)n1. The van der Waals surface area contributed by atoms with Crippen LogP contribution in [0, 0.1) is 19.3 Å². The summed E-state index contributed by atoms with van der Waals surface area (Å²) in [6.07, 6.45) is 1.39. The molecule has 0 bridgehead atoms. The quantitative estimate of drug-likeness (QED) is 0.223. The molecule has 0 saturated carbocycles. The Morgan fingerprint density at radius 2 is 1.54 bits per heavy atom. The van der Waals surface area contributed by atoms with Crippen LogP contribution in [0.4, 0.5) is 0 Å². The van der Waals surface area contributed by atoms with Crippen LogP contribution in [-0.4, -0.2) is 4.98 Å². The Labute approximate surface area is 240 Å². The fourth-order valence-electron chi connectivity index (χ4n) is 6.14. The molecule has 2 heterocycles. The van der Waals surface area contributed by atoms with E-state index in [0.717, 1.165) is 17.7 Å². The van der Waals surface area contributed by atoms with Gasteiger partial charge in [0.1, 0.15) is 0 Å². The third kappa shape index (κ3) is 5.29. The van der Waals surface area contributed by atoms with E-state index in [-0.39, 0.29) is 10.8 Å². The number of hydrogen-bond donors (Lipinski definition) is 0. The molecule has 0 atom stereocenters. The van der Waals surface area contributed by atoms with Gasteiger partial charge in [0.25, 0.3) is 0 Å². The van der Waals surface area contributed by atoms with Crippen molar-refractivity contribution in [3.63, 3.8) is 0 Å². The Morgan fingerprint density at radius 1 is 0.872 bits per heavy atom. The van der Waals surface area contributed by atoms with Crippen LogP contribution in [0.15, 0.2) is 60.8 Å². The summed E-state index contributed by atoms with van der Waals surface area (Å²) in [7, 11) is 0. The van der Waals surface area contributed by atoms with Crippen molar-refractivity contribution in [3.05, 3.63) is 88.6 Å². The minimum Gasteiger partial charge on any atom is -0.255 e. The van der Waals surface area contributed by atoms with Crippen LogP contribution in [0.2, 0.25) is 0 Å². The third-order valence-corrected chi connectivity index (χ3v) is 8.90. The van der Waals surface area contributed by atoms with Gasteiger partial charge in [-0.15, -0.1) is 11.3 Å². The van der Waals surface area contributed by atoms with Gasteiger partial charge in [0, 0.05) is 22.0 Å². The number of hydrogen-bond acceptors (Lipinski definition) is 2. The summed E-state index contributed by atoms with van der Waals surface area (Å²) in [6.45, 7) is 22.8. The van der Waals surface area contributed by atoms with Gasteiger partial charge >= 0.3 is 0 Å². The second-order valence-electron chi connectivity index (χ2n) is 13.8. The Morgan fingerprint density at radius 3 is 2.15 bits per heavy atom. The number of rotatable bonds is 4. The van der Waals surface area contributed by atoms with Crippen LogP contribution >= 0.6 is 11.3 Å². The number of fused-ring (bicyclic) bond motifs is 2. The summed E-state index contributed by atoms with van der Waals surface area (Å²) in [4.78, 5) is 6.21. The van der Waals surface area contributed by atoms with E-state index >= 15 is 0 Å². The highest BCUT2D eigenvalue weighted by atomic mass is 32.1. The highest BCUT2D eigenvalue weighted by Crippen LogP contribution is 2.48. The summed E-state index contributed by atoms with van der Waals surface area (Å²) in [5, 5.41) is 3.68. The zero-order valence-electron chi connectivity index (χ0n) is 26.3. The van der Waals surface area contributed by atoms with Crippen molar-refractivity contribution < 1.29 is 1.37 Å². The second-order valence-corrected chi connectivity index (χ2v) is 14.8. The van der Waals surface area contributed by atoms with Crippen LogP contribution < -0.4 is 0 Å². The summed E-state index contributed by atoms with van der Waals surface area (Å²) in [6, 6.07) is 20.0. The minimum absolute atomic E-state index is 0.0139. The Bertz CT molecular complexity index is 1720. The molecular formula is C37H43NS. The minimum atomic E-state index is -0.0139. The van der Waals surface area contributed by atoms with Crippen molar-refractivity contribution in [2.45, 2.75) is 87.0 Å². The molecule has 5 aromatic rings. The molecule has 5 rings (SSSR count). The fraction of sp³-hybridized carbons (Fsp3) is 0.378. The molecule has 0 N–H and O–H groups in total. The van der Waals surface area contributed by atoms with Gasteiger partial charge in [-0.25, -0.2) is 0 Å². The zero-order chi connectivity index (χ0) is 29.1. The Kier molecular flexibility index (Phi) is 6.66. The number of nitrogens with zero attached hydrogens (tertiary/aromatic N) is 1. The lowest BCUT2D eigenvalue weighted by molar-refractivity contribution is 0.411. The first-order valence-electron chi connectivity index (χ1n) is 14.7. The van der Waals surface area contributed by atoms with Gasteiger partial charge in [0.05, 0.1) is 11.8 Å². The average Bonchev–Trinajstić information content (AvgIpc) is 3.19. The number of thiophene rings is 1. The van der Waals surface area contributed by atoms with Crippen molar-refractivity contribution in [1.82, 2.24) is 4.98 Å². The van der Waals surface area contributed by atoms with Crippen LogP contribution in [0.3, 0.4) is 0 Å². The van der Waals surface area contributed by atoms with Crippen LogP contribution in [-0.2, 0) is 11.8 Å². The molecule has 0 aliphatic heterocycles. The molecule has 0 saturated heterocycles. The number of aryl methyl sites for hydroxylation is 2. The largest absolute Gasteiger partial charge is 0.255 e. The average molecular weight is 535 g/mol. The maximum absolute atomic E-state index is 8.75. The van der Waals surface area contributed by atoms with E-state index in [1.165, 1.54) is 59.1 Å². The highest BCUT2D eigenvalue weighted by Gasteiger charge is 2.24. The van der Waals surface area contributed by atoms with E-state index < -0.39 is 0 Å². The zero-order valence-corrected chi connectivity index (χ0v) is 26.2. The molecule has 202 valence electrons. The summed E-state index contributed by atoms with van der Waals surface area (Å²) < 4.78 is 9.93. The maximum Gasteiger partial charge on any atom is 0.0880 e. The van der Waals surface area contributed by atoms with E-state index in [2.05, 4.69) is 118 Å². The first-order valence-corrected chi connectivity index (χ1v) is 15.0. The van der Waals surface area contributed by atoms with E-state index in [1.54, 1.807) is 0 Å². The van der Waals surface area contributed by atoms with E-state index in [9.17, 15) is 0 Å². The van der Waals surface area contributed by atoms with Crippen LogP contribution in [0.1, 0.15) is 90.5 Å². The second kappa shape index (κ2) is 9.89. The molecule has 2 aromatic heterocycles. The van der Waals surface area contributed by atoms with E-state index in [1.807, 2.05) is 17.4 Å². The van der Waals surface area contributed by atoms with Crippen LogP contribution in [0.25, 0.3) is 42.6 Å². The standard InChI is InChI=1S/C37H43NS/c1-22(2)31-29-15-16-38-33(27-19-26-13-11-12-14-28(26)30(20-27)37(8,9)10)34(29)39-35(31)32-23(3)17-25(18-24(32)4)21-36(5,6)7/h11-20,22H,21H2,1-10H3/i16D. The Balaban J connectivity index is 1.80. The third-order valence-electron chi connectivity index (χ3n) is 7.66. The molecule has 0 spiro atoms. The predicted molar refractivity (Wildman–Crippen MR) is 173 cm³/mol. The number of aromatic nitrogens is 1. The van der Waals surface area contributed by atoms with Gasteiger partial charge in [0.15, 0.2) is 0 Å². The molecule has 2 heteroatoms. The molecule has 0 aliphatic carbocycles. The Hall–Kier alpha value is -2.97. The molecule has 0 aliphatic rings. The van der Waals surface area contributed by atoms with Gasteiger partial charge in [-0.05, 0) is 99.4 Å². The molecule has 0 unspecified atom stereocenters. The molecule has 0 amide bonds. The summed E-state index contributed by atoms with van der Waals surface area (Å²) in [5.74, 6) is 0.327.